The lowest BCUT2D eigenvalue weighted by atomic mass is 10.1. The minimum atomic E-state index is -0.324. The first-order chi connectivity index (χ1) is 19.1. The van der Waals surface area contributed by atoms with Crippen molar-refractivity contribution in [2.75, 3.05) is 0 Å². The fourth-order valence-corrected chi connectivity index (χ4v) is 4.64. The number of nitrogens with zero attached hydrogens (tertiary/aromatic N) is 4. The Bertz CT molecular complexity index is 1980. The van der Waals surface area contributed by atoms with Crippen molar-refractivity contribution in [1.29, 1.82) is 5.26 Å². The van der Waals surface area contributed by atoms with Crippen molar-refractivity contribution in [2.24, 2.45) is 5.10 Å². The Balaban J connectivity index is 1.42. The van der Waals surface area contributed by atoms with E-state index >= 15 is 0 Å². The summed E-state index contributed by atoms with van der Waals surface area (Å²) in [7, 11) is 0. The van der Waals surface area contributed by atoms with Crippen LogP contribution in [0.1, 0.15) is 16.7 Å². The molecule has 0 atom stereocenters. The van der Waals surface area contributed by atoms with Crippen LogP contribution in [-0.4, -0.2) is 15.9 Å². The first-order valence-corrected chi connectivity index (χ1v) is 12.9. The largest absolute Gasteiger partial charge is 0.488 e. The Kier molecular flexibility index (Phi) is 6.49. The van der Waals surface area contributed by atoms with Gasteiger partial charge in [0.25, 0.3) is 5.56 Å². The molecule has 0 unspecified atom stereocenters. The second kappa shape index (κ2) is 10.4. The van der Waals surface area contributed by atoms with E-state index in [9.17, 15) is 10.1 Å². The number of halogens is 1. The van der Waals surface area contributed by atoms with Crippen LogP contribution in [0.2, 0.25) is 0 Å². The van der Waals surface area contributed by atoms with Crippen LogP contribution in [0.3, 0.4) is 0 Å². The van der Waals surface area contributed by atoms with Crippen molar-refractivity contribution in [2.45, 2.75) is 6.61 Å². The molecular weight excluding hydrogens is 556 g/mol. The molecule has 0 saturated heterocycles. The first-order valence-electron chi connectivity index (χ1n) is 12.1. The second-order valence-corrected chi connectivity index (χ2v) is 9.62. The highest BCUT2D eigenvalue weighted by atomic mass is 79.9. The minimum Gasteiger partial charge on any atom is -0.488 e. The topological polar surface area (TPSA) is 93.4 Å². The Morgan fingerprint density at radius 3 is 2.69 bits per heavy atom. The van der Waals surface area contributed by atoms with Crippen molar-refractivity contribution in [3.8, 4) is 23.4 Å². The van der Waals surface area contributed by atoms with Crippen LogP contribution in [0.5, 0.6) is 5.75 Å². The van der Waals surface area contributed by atoms with Gasteiger partial charge in [-0.15, -0.1) is 0 Å². The first kappa shape index (κ1) is 24.3. The van der Waals surface area contributed by atoms with Crippen molar-refractivity contribution in [3.05, 3.63) is 129 Å². The molecule has 8 heteroatoms. The van der Waals surface area contributed by atoms with Crippen LogP contribution >= 0.6 is 15.9 Å². The van der Waals surface area contributed by atoms with E-state index in [-0.39, 0.29) is 18.0 Å². The van der Waals surface area contributed by atoms with Gasteiger partial charge in [-0.25, -0.2) is 4.98 Å². The number of hydrogen-bond acceptors (Lipinski definition) is 6. The molecule has 7 nitrogen and oxygen atoms in total. The quantitative estimate of drug-likeness (QED) is 0.201. The summed E-state index contributed by atoms with van der Waals surface area (Å²) < 4.78 is 14.3. The van der Waals surface area contributed by atoms with E-state index in [2.05, 4.69) is 27.1 Å². The third kappa shape index (κ3) is 4.83. The van der Waals surface area contributed by atoms with Crippen LogP contribution in [0.4, 0.5) is 0 Å². The van der Waals surface area contributed by atoms with Crippen LogP contribution in [0, 0.1) is 11.3 Å². The number of hydrogen-bond donors (Lipinski definition) is 0. The third-order valence-electron chi connectivity index (χ3n) is 6.20. The van der Waals surface area contributed by atoms with E-state index < -0.39 is 0 Å². The lowest BCUT2D eigenvalue weighted by Crippen LogP contribution is -2.20. The summed E-state index contributed by atoms with van der Waals surface area (Å²) >= 11 is 3.49. The zero-order valence-corrected chi connectivity index (χ0v) is 22.0. The summed E-state index contributed by atoms with van der Waals surface area (Å²) in [5, 5.41) is 15.3. The van der Waals surface area contributed by atoms with Gasteiger partial charge in [-0.05, 0) is 54.6 Å². The highest BCUT2D eigenvalue weighted by Gasteiger charge is 2.17. The maximum Gasteiger partial charge on any atom is 0.282 e. The molecule has 0 aliphatic heterocycles. The molecule has 0 fully saturated rings. The van der Waals surface area contributed by atoms with Gasteiger partial charge in [0.15, 0.2) is 5.76 Å². The number of furan rings is 1. The lowest BCUT2D eigenvalue weighted by Gasteiger charge is -2.10. The molecule has 188 valence electrons. The summed E-state index contributed by atoms with van der Waals surface area (Å²) in [6.45, 7) is 0.214. The van der Waals surface area contributed by atoms with E-state index in [0.29, 0.717) is 39.1 Å². The molecule has 0 bridgehead atoms. The molecule has 4 aromatic carbocycles. The van der Waals surface area contributed by atoms with Gasteiger partial charge in [-0.3, -0.25) is 4.79 Å². The number of benzene rings is 4. The van der Waals surface area contributed by atoms with Gasteiger partial charge in [0.1, 0.15) is 17.9 Å². The van der Waals surface area contributed by atoms with Gasteiger partial charge >= 0.3 is 0 Å². The predicted octanol–water partition coefficient (Wildman–Crippen LogP) is 6.91. The Hall–Kier alpha value is -5.00. The Morgan fingerprint density at radius 1 is 1.00 bits per heavy atom. The predicted molar refractivity (Wildman–Crippen MR) is 154 cm³/mol. The Labute approximate surface area is 231 Å². The number of aromatic nitrogens is 2. The maximum absolute atomic E-state index is 13.6. The van der Waals surface area contributed by atoms with Gasteiger partial charge in [0.05, 0.1) is 28.8 Å². The van der Waals surface area contributed by atoms with Gasteiger partial charge in [-0.2, -0.15) is 15.0 Å². The summed E-state index contributed by atoms with van der Waals surface area (Å²) in [5.74, 6) is 1.26. The second-order valence-electron chi connectivity index (χ2n) is 8.70. The zero-order valence-electron chi connectivity index (χ0n) is 20.4. The zero-order chi connectivity index (χ0) is 26.8. The summed E-state index contributed by atoms with van der Waals surface area (Å²) in [5.41, 5.74) is 2.88. The number of fused-ring (bicyclic) bond motifs is 2. The molecule has 0 aliphatic carbocycles. The number of ether oxygens (including phenoxy) is 1. The lowest BCUT2D eigenvalue weighted by molar-refractivity contribution is 0.305. The van der Waals surface area contributed by atoms with E-state index in [1.807, 2.05) is 72.8 Å². The normalized spacial score (nSPS) is 11.3. The smallest absolute Gasteiger partial charge is 0.282 e. The third-order valence-corrected chi connectivity index (χ3v) is 6.70. The molecule has 6 aromatic rings. The molecule has 0 aliphatic rings. The van der Waals surface area contributed by atoms with Crippen molar-refractivity contribution >= 4 is 44.0 Å². The van der Waals surface area contributed by atoms with Crippen molar-refractivity contribution in [1.82, 2.24) is 9.66 Å². The molecule has 0 spiro atoms. The van der Waals surface area contributed by atoms with Crippen molar-refractivity contribution in [3.63, 3.8) is 0 Å². The van der Waals surface area contributed by atoms with Gasteiger partial charge in [-0.1, -0.05) is 58.4 Å². The fraction of sp³-hybridized carbons (Fsp3) is 0.0323. The molecule has 0 N–H and O–H groups in total. The van der Waals surface area contributed by atoms with Gasteiger partial charge in [0, 0.05) is 21.0 Å². The number of nitriles is 1. The molecule has 2 heterocycles. The van der Waals surface area contributed by atoms with Crippen LogP contribution in [0.25, 0.3) is 33.5 Å². The minimum absolute atomic E-state index is 0.214. The molecule has 39 heavy (non-hydrogen) atoms. The van der Waals surface area contributed by atoms with E-state index in [1.54, 1.807) is 30.5 Å². The van der Waals surface area contributed by atoms with Crippen LogP contribution in [0.15, 0.2) is 116 Å². The molecule has 2 aromatic heterocycles. The van der Waals surface area contributed by atoms with Gasteiger partial charge in [0.2, 0.25) is 5.82 Å². The molecule has 0 saturated carbocycles. The molecular formula is C31H19BrN4O3. The summed E-state index contributed by atoms with van der Waals surface area (Å²) in [4.78, 5) is 18.3. The summed E-state index contributed by atoms with van der Waals surface area (Å²) in [6.07, 6.45) is 1.56. The fourth-order valence-electron chi connectivity index (χ4n) is 4.26. The van der Waals surface area contributed by atoms with Crippen molar-refractivity contribution < 1.29 is 9.15 Å². The van der Waals surface area contributed by atoms with E-state index in [0.717, 1.165) is 15.4 Å². The van der Waals surface area contributed by atoms with Crippen LogP contribution in [-0.2, 0) is 6.61 Å². The van der Waals surface area contributed by atoms with Gasteiger partial charge < -0.3 is 9.15 Å². The number of para-hydroxylation sites is 2. The van der Waals surface area contributed by atoms with E-state index in [4.69, 9.17) is 14.1 Å². The number of rotatable bonds is 6. The SMILES string of the molecule is N#Cc1ccccc1COc1ccccc1C=Nn1c(-c2cc3cc(Br)ccc3o2)nc2ccccc2c1=O. The molecule has 0 amide bonds. The highest BCUT2D eigenvalue weighted by molar-refractivity contribution is 9.10. The van der Waals surface area contributed by atoms with E-state index in [1.165, 1.54) is 4.68 Å². The van der Waals surface area contributed by atoms with Crippen LogP contribution < -0.4 is 10.3 Å². The maximum atomic E-state index is 13.6. The molecule has 0 radical (unpaired) electrons. The Morgan fingerprint density at radius 2 is 1.79 bits per heavy atom. The average molecular weight is 575 g/mol. The summed E-state index contributed by atoms with van der Waals surface area (Å²) in [6, 6.07) is 31.5. The highest BCUT2D eigenvalue weighted by Crippen LogP contribution is 2.29. The standard InChI is InChI=1S/C31H19BrN4O3/c32-24-13-14-28-23(15-24)16-29(39-28)30-35-26-11-5-4-10-25(26)31(37)36(30)34-18-21-8-3-6-12-27(21)38-19-22-9-2-1-7-20(22)17-33/h1-16,18H,19H2. The molecule has 6 rings (SSSR count). The average Bonchev–Trinajstić information content (AvgIpc) is 3.39. The monoisotopic (exact) mass is 574 g/mol.